The van der Waals surface area contributed by atoms with Gasteiger partial charge in [-0.1, -0.05) is 23.2 Å². The van der Waals surface area contributed by atoms with Crippen LogP contribution in [0.15, 0.2) is 29.3 Å². The minimum atomic E-state index is 0.593. The predicted molar refractivity (Wildman–Crippen MR) is 66.1 cm³/mol. The first kappa shape index (κ1) is 12.2. The highest BCUT2D eigenvalue weighted by Gasteiger charge is 2.01. The van der Waals surface area contributed by atoms with Crippen molar-refractivity contribution in [2.75, 3.05) is 19.0 Å². The average molecular weight is 246 g/mol. The molecule has 0 aliphatic heterocycles. The van der Waals surface area contributed by atoms with Gasteiger partial charge < -0.3 is 10.1 Å². The van der Waals surface area contributed by atoms with Gasteiger partial charge in [-0.3, -0.25) is 0 Å². The summed E-state index contributed by atoms with van der Waals surface area (Å²) in [5.41, 5.74) is 3.56. The van der Waals surface area contributed by atoms with Crippen LogP contribution < -0.4 is 10.1 Å². The fourth-order valence-corrected chi connectivity index (χ4v) is 1.39. The van der Waals surface area contributed by atoms with Crippen LogP contribution in [0.25, 0.3) is 0 Å². The topological polar surface area (TPSA) is 21.3 Å². The normalized spacial score (nSPS) is 11.3. The Bertz CT molecular complexity index is 364. The van der Waals surface area contributed by atoms with Gasteiger partial charge in [0, 0.05) is 17.8 Å². The van der Waals surface area contributed by atoms with Gasteiger partial charge in [0.05, 0.1) is 12.1 Å². The van der Waals surface area contributed by atoms with Gasteiger partial charge in [0.1, 0.15) is 5.75 Å². The third-order valence-corrected chi connectivity index (χ3v) is 2.58. The molecule has 0 aliphatic carbocycles. The van der Waals surface area contributed by atoms with Crippen LogP contribution >= 0.6 is 23.2 Å². The molecule has 0 fully saturated rings. The lowest BCUT2D eigenvalue weighted by Gasteiger charge is -2.08. The lowest BCUT2D eigenvalue weighted by Crippen LogP contribution is -2.02. The van der Waals surface area contributed by atoms with Crippen LogP contribution in [0.2, 0.25) is 5.02 Å². The molecule has 0 radical (unpaired) electrons. The minimum absolute atomic E-state index is 0.593. The van der Waals surface area contributed by atoms with Crippen LogP contribution in [0.1, 0.15) is 6.92 Å². The second-order valence-electron chi connectivity index (χ2n) is 3.16. The fourth-order valence-electron chi connectivity index (χ4n) is 1.06. The quantitative estimate of drug-likeness (QED) is 0.869. The fraction of sp³-hybridized carbons (Fsp3) is 0.273. The molecule has 1 aromatic rings. The molecule has 1 aromatic carbocycles. The molecule has 0 saturated heterocycles. The Labute approximate surface area is 99.8 Å². The Balaban J connectivity index is 2.67. The molecule has 0 saturated carbocycles. The zero-order valence-electron chi connectivity index (χ0n) is 8.68. The van der Waals surface area contributed by atoms with E-state index in [1.54, 1.807) is 12.6 Å². The molecule has 0 aromatic heterocycles. The maximum atomic E-state index is 5.97. The zero-order valence-corrected chi connectivity index (χ0v) is 10.2. The highest BCUT2D eigenvalue weighted by molar-refractivity contribution is 6.32. The molecule has 0 heterocycles. The SMILES string of the molecule is COc1ccc(NC/C(C)=C/Cl)cc1Cl. The Morgan fingerprint density at radius 1 is 1.53 bits per heavy atom. The second kappa shape index (κ2) is 5.89. The maximum Gasteiger partial charge on any atom is 0.137 e. The zero-order chi connectivity index (χ0) is 11.3. The first-order valence-electron chi connectivity index (χ1n) is 4.50. The molecule has 4 heteroatoms. The Morgan fingerprint density at radius 3 is 2.80 bits per heavy atom. The van der Waals surface area contributed by atoms with Crippen molar-refractivity contribution in [3.63, 3.8) is 0 Å². The number of hydrogen-bond donors (Lipinski definition) is 1. The summed E-state index contributed by atoms with van der Waals surface area (Å²) in [4.78, 5) is 0. The lowest BCUT2D eigenvalue weighted by atomic mass is 10.3. The van der Waals surface area contributed by atoms with Crippen LogP contribution in [0.4, 0.5) is 5.69 Å². The van der Waals surface area contributed by atoms with Gasteiger partial charge in [-0.15, -0.1) is 0 Å². The first-order valence-corrected chi connectivity index (χ1v) is 5.32. The summed E-state index contributed by atoms with van der Waals surface area (Å²) >= 11 is 11.5. The summed E-state index contributed by atoms with van der Waals surface area (Å²) in [5, 5.41) is 3.79. The van der Waals surface area contributed by atoms with Crippen LogP contribution in [0.3, 0.4) is 0 Å². The van der Waals surface area contributed by atoms with Crippen molar-refractivity contribution in [1.29, 1.82) is 0 Å². The van der Waals surface area contributed by atoms with Gasteiger partial charge in [-0.05, 0) is 30.7 Å². The molecule has 1 rings (SSSR count). The van der Waals surface area contributed by atoms with E-state index in [4.69, 9.17) is 27.9 Å². The molecule has 0 unspecified atom stereocenters. The molecular formula is C11H13Cl2NO. The van der Waals surface area contributed by atoms with E-state index >= 15 is 0 Å². The van der Waals surface area contributed by atoms with Crippen molar-refractivity contribution in [1.82, 2.24) is 0 Å². The lowest BCUT2D eigenvalue weighted by molar-refractivity contribution is 0.415. The summed E-state index contributed by atoms with van der Waals surface area (Å²) in [6.45, 7) is 2.65. The number of nitrogens with one attached hydrogen (secondary N) is 1. The van der Waals surface area contributed by atoms with E-state index in [0.29, 0.717) is 17.3 Å². The number of methoxy groups -OCH3 is 1. The Hall–Kier alpha value is -0.860. The first-order chi connectivity index (χ1) is 7.17. The second-order valence-corrected chi connectivity index (χ2v) is 3.78. The number of benzene rings is 1. The van der Waals surface area contributed by atoms with E-state index in [9.17, 15) is 0 Å². The van der Waals surface area contributed by atoms with Crippen molar-refractivity contribution >= 4 is 28.9 Å². The van der Waals surface area contributed by atoms with Gasteiger partial charge in [0.15, 0.2) is 0 Å². The van der Waals surface area contributed by atoms with Crippen molar-refractivity contribution in [2.45, 2.75) is 6.92 Å². The van der Waals surface area contributed by atoms with Crippen LogP contribution in [-0.2, 0) is 0 Å². The van der Waals surface area contributed by atoms with E-state index in [-0.39, 0.29) is 0 Å². The summed E-state index contributed by atoms with van der Waals surface area (Å²) in [7, 11) is 1.59. The summed E-state index contributed by atoms with van der Waals surface area (Å²) in [5.74, 6) is 0.673. The Kier molecular flexibility index (Phi) is 4.79. The van der Waals surface area contributed by atoms with Crippen LogP contribution in [0.5, 0.6) is 5.75 Å². The van der Waals surface area contributed by atoms with Gasteiger partial charge in [-0.25, -0.2) is 0 Å². The van der Waals surface area contributed by atoms with Crippen molar-refractivity contribution in [2.24, 2.45) is 0 Å². The number of ether oxygens (including phenoxy) is 1. The molecule has 0 amide bonds. The van der Waals surface area contributed by atoms with Gasteiger partial charge in [0.25, 0.3) is 0 Å². The standard InChI is InChI=1S/C11H13Cl2NO/c1-8(6-12)7-14-9-3-4-11(15-2)10(13)5-9/h3-6,14H,7H2,1-2H3/b8-6+. The summed E-state index contributed by atoms with van der Waals surface area (Å²) in [6, 6.07) is 5.55. The molecule has 0 spiro atoms. The number of anilines is 1. The van der Waals surface area contributed by atoms with Crippen LogP contribution in [-0.4, -0.2) is 13.7 Å². The molecule has 82 valence electrons. The van der Waals surface area contributed by atoms with E-state index in [0.717, 1.165) is 11.3 Å². The van der Waals surface area contributed by atoms with Crippen LogP contribution in [0, 0.1) is 0 Å². The molecule has 0 bridgehead atoms. The largest absolute Gasteiger partial charge is 0.495 e. The van der Waals surface area contributed by atoms with Gasteiger partial charge in [-0.2, -0.15) is 0 Å². The smallest absolute Gasteiger partial charge is 0.137 e. The van der Waals surface area contributed by atoms with E-state index < -0.39 is 0 Å². The highest BCUT2D eigenvalue weighted by Crippen LogP contribution is 2.27. The molecule has 2 nitrogen and oxygen atoms in total. The average Bonchev–Trinajstić information content (AvgIpc) is 2.26. The highest BCUT2D eigenvalue weighted by atomic mass is 35.5. The molecule has 0 atom stereocenters. The third-order valence-electron chi connectivity index (χ3n) is 1.91. The molecule has 1 N–H and O–H groups in total. The maximum absolute atomic E-state index is 5.97. The van der Waals surface area contributed by atoms with Crippen molar-refractivity contribution in [3.8, 4) is 5.75 Å². The predicted octanol–water partition coefficient (Wildman–Crippen LogP) is 3.90. The minimum Gasteiger partial charge on any atom is -0.495 e. The molecular weight excluding hydrogens is 233 g/mol. The number of hydrogen-bond acceptors (Lipinski definition) is 2. The Morgan fingerprint density at radius 2 is 2.27 bits per heavy atom. The monoisotopic (exact) mass is 245 g/mol. The van der Waals surface area contributed by atoms with Gasteiger partial charge >= 0.3 is 0 Å². The van der Waals surface area contributed by atoms with Crippen molar-refractivity contribution in [3.05, 3.63) is 34.3 Å². The number of rotatable bonds is 4. The summed E-state index contributed by atoms with van der Waals surface area (Å²) in [6.07, 6.45) is 0. The van der Waals surface area contributed by atoms with E-state index in [2.05, 4.69) is 5.32 Å². The van der Waals surface area contributed by atoms with E-state index in [1.165, 1.54) is 0 Å². The third kappa shape index (κ3) is 3.65. The number of halogens is 2. The van der Waals surface area contributed by atoms with E-state index in [1.807, 2.05) is 25.1 Å². The summed E-state index contributed by atoms with van der Waals surface area (Å²) < 4.78 is 5.05. The van der Waals surface area contributed by atoms with Crippen molar-refractivity contribution < 1.29 is 4.74 Å². The molecule has 0 aliphatic rings. The molecule has 15 heavy (non-hydrogen) atoms. The van der Waals surface area contributed by atoms with Gasteiger partial charge in [0.2, 0.25) is 0 Å².